The number of aliphatic imine (C=N–C) groups is 3. The van der Waals surface area contributed by atoms with Crippen LogP contribution in [0, 0.1) is 34.0 Å². The van der Waals surface area contributed by atoms with Crippen molar-refractivity contribution in [2.45, 2.75) is 143 Å². The Morgan fingerprint density at radius 1 is 0.762 bits per heavy atom. The zero-order valence-electron chi connectivity index (χ0n) is 36.2. The number of carbonyl (C=O) groups excluding carboxylic acids is 7. The van der Waals surface area contributed by atoms with Crippen molar-refractivity contribution in [1.29, 1.82) is 0 Å². The van der Waals surface area contributed by atoms with Crippen LogP contribution in [0.25, 0.3) is 5.32 Å². The van der Waals surface area contributed by atoms with E-state index in [9.17, 15) is 69.3 Å². The number of carboxylic acid groups (broad SMARTS) is 7. The van der Waals surface area contributed by atoms with E-state index in [1.54, 1.807) is 34.6 Å². The van der Waals surface area contributed by atoms with Crippen LogP contribution in [0.5, 0.6) is 0 Å². The van der Waals surface area contributed by atoms with Crippen molar-refractivity contribution in [3.63, 3.8) is 0 Å². The number of hydrogen-bond donors (Lipinski definition) is 0. The minimum absolute atomic E-state index is 0. The fourth-order valence-corrected chi connectivity index (χ4v) is 11.1. The van der Waals surface area contributed by atoms with E-state index in [2.05, 4.69) is 0 Å². The van der Waals surface area contributed by atoms with Crippen molar-refractivity contribution >= 4 is 58.9 Å². The number of rotatable bonds is 18. The molecule has 1 fully saturated rings. The summed E-state index contributed by atoms with van der Waals surface area (Å²) in [7, 11) is 0. The number of carbonyl (C=O) groups is 7. The smallest absolute Gasteiger partial charge is 0.0851 e. The Hall–Kier alpha value is -5.17. The van der Waals surface area contributed by atoms with Gasteiger partial charge in [-0.1, -0.05) is 39.3 Å². The summed E-state index contributed by atoms with van der Waals surface area (Å²) < 4.78 is 0. The quantitative estimate of drug-likeness (QED) is 0.132. The maximum absolute atomic E-state index is 12.8. The van der Waals surface area contributed by atoms with Crippen LogP contribution < -0.4 is 35.7 Å². The summed E-state index contributed by atoms with van der Waals surface area (Å²) in [6.45, 7) is 11.4. The first-order chi connectivity index (χ1) is 28.6. The largest absolute Gasteiger partial charge is 0.680 e. The van der Waals surface area contributed by atoms with Gasteiger partial charge in [-0.15, -0.1) is 0 Å². The van der Waals surface area contributed by atoms with Gasteiger partial charge < -0.3 is 74.6 Å². The predicted molar refractivity (Wildman–Crippen MR) is 205 cm³/mol. The first-order valence-electron chi connectivity index (χ1n) is 20.7. The Morgan fingerprint density at radius 2 is 1.33 bits per heavy atom. The number of nitrogens with zero attached hydrogens (tertiary/aromatic N) is 4. The minimum Gasteiger partial charge on any atom is -0.680 e. The van der Waals surface area contributed by atoms with Gasteiger partial charge in [-0.2, -0.15) is 5.70 Å². The van der Waals surface area contributed by atoms with Crippen LogP contribution in [-0.2, 0) is 50.3 Å². The van der Waals surface area contributed by atoms with E-state index < -0.39 is 138 Å². The van der Waals surface area contributed by atoms with Gasteiger partial charge in [0.25, 0.3) is 0 Å². The normalized spacial score (nSPS) is 34.0. The molecule has 1 saturated heterocycles. The molecule has 347 valence electrons. The van der Waals surface area contributed by atoms with E-state index in [0.29, 0.717) is 22.4 Å². The van der Waals surface area contributed by atoms with Gasteiger partial charge in [-0.05, 0) is 119 Å². The first kappa shape index (κ1) is 50.5. The summed E-state index contributed by atoms with van der Waals surface area (Å²) in [5.41, 5.74) is -5.27. The molecule has 0 aliphatic carbocycles. The van der Waals surface area contributed by atoms with Crippen LogP contribution >= 0.6 is 0 Å². The Kier molecular flexibility index (Phi) is 14.5. The third-order valence-electron chi connectivity index (χ3n) is 14.7. The molecule has 0 N–H and O–H groups in total. The Morgan fingerprint density at radius 3 is 1.87 bits per heavy atom. The van der Waals surface area contributed by atoms with E-state index in [0.717, 1.165) is 0 Å². The molecule has 5 heterocycles. The SMILES string of the molecule is CC1=C(CCC(=O)[O-])C2=NC1(C)CC1=C(CCC(=O)[O-])[C@](C)(CC(=O)[O-])C(=N1)/C=C1\[N-][C@@](C)([C@@H]3N=C(C2C)[C@](C)(CCC(=O)[O-])[C@H]3CC(=O)[O-])[C@@](C)(CC(=O)[O-])[C@@H]1CCC(=O)[O-].[Co]. The molecular formula is C44H50CoN4O14-8. The third-order valence-corrected chi connectivity index (χ3v) is 14.7. The standard InChI is InChI=1S/C44H58N4O14.Co/c1-21-37-23(8-11-30(49)50)22(2)43(6,48-37)18-28-24(9-12-31(51)52)41(4,19-35(59)60)29(45-28)17-27-25(10-13-32(53)54)42(5,20-36(61)62)44(7,47-27)39-26(16-34(57)58)40(3,38(21)46-39)15-14-33(55)56;/h17,21,25-26,39H,8-16,18-20H2,1-7H3,(H8,45,47,49,50,51,52,53,54,55,56,57,58,59,60,61,62);/p-8/t21?,25-,26+,39-,40-,41+,42+,43?,44+;/m1./s1. The van der Waals surface area contributed by atoms with Crippen molar-refractivity contribution in [2.75, 3.05) is 0 Å². The predicted octanol–water partition coefficient (Wildman–Crippen LogP) is -3.09. The van der Waals surface area contributed by atoms with Crippen molar-refractivity contribution in [2.24, 2.45) is 49.0 Å². The second kappa shape index (κ2) is 18.1. The molecule has 1 radical (unpaired) electrons. The average molecular weight is 918 g/mol. The Labute approximate surface area is 375 Å². The molecule has 0 aromatic carbocycles. The maximum Gasteiger partial charge on any atom is 0.0851 e. The van der Waals surface area contributed by atoms with Crippen LogP contribution in [0.2, 0.25) is 0 Å². The zero-order valence-corrected chi connectivity index (χ0v) is 37.3. The number of fused-ring (bicyclic) bond motifs is 6. The van der Waals surface area contributed by atoms with Crippen LogP contribution in [0.3, 0.4) is 0 Å². The number of allylic oxidation sites excluding steroid dienone is 4. The van der Waals surface area contributed by atoms with Gasteiger partial charge in [0.1, 0.15) is 0 Å². The fraction of sp³-hybridized carbons (Fsp3) is 0.636. The fourth-order valence-electron chi connectivity index (χ4n) is 11.1. The number of carboxylic acids is 7. The molecule has 5 aliphatic rings. The summed E-state index contributed by atoms with van der Waals surface area (Å²) in [5, 5.41) is 91.4. The van der Waals surface area contributed by atoms with Gasteiger partial charge in [-0.3, -0.25) is 15.0 Å². The van der Waals surface area contributed by atoms with Gasteiger partial charge in [-0.25, -0.2) is 0 Å². The Bertz CT molecular complexity index is 2190. The second-order valence-electron chi connectivity index (χ2n) is 18.5. The van der Waals surface area contributed by atoms with E-state index in [1.807, 2.05) is 0 Å². The molecular weight excluding hydrogens is 867 g/mol. The molecule has 9 atom stereocenters. The summed E-state index contributed by atoms with van der Waals surface area (Å²) in [4.78, 5) is 102. The summed E-state index contributed by atoms with van der Waals surface area (Å²) in [6.07, 6.45) is -3.78. The van der Waals surface area contributed by atoms with E-state index >= 15 is 0 Å². The molecule has 0 saturated carbocycles. The zero-order chi connectivity index (χ0) is 46.5. The van der Waals surface area contributed by atoms with Gasteiger partial charge in [0.05, 0.1) is 5.54 Å². The number of aliphatic carboxylic acids is 7. The van der Waals surface area contributed by atoms with Crippen molar-refractivity contribution in [3.05, 3.63) is 39.5 Å². The molecule has 0 aromatic heterocycles. The van der Waals surface area contributed by atoms with Gasteiger partial charge in [0, 0.05) is 117 Å². The topological polar surface area (TPSA) is 332 Å². The molecule has 5 rings (SSSR count). The van der Waals surface area contributed by atoms with Gasteiger partial charge >= 0.3 is 0 Å². The molecule has 2 unspecified atom stereocenters. The van der Waals surface area contributed by atoms with E-state index in [-0.39, 0.29) is 71.7 Å². The maximum atomic E-state index is 12.8. The molecule has 0 aromatic rings. The summed E-state index contributed by atoms with van der Waals surface area (Å²) in [5.74, 6) is -13.5. The van der Waals surface area contributed by atoms with Crippen molar-refractivity contribution in [3.8, 4) is 0 Å². The van der Waals surface area contributed by atoms with Gasteiger partial charge in [0.15, 0.2) is 0 Å². The van der Waals surface area contributed by atoms with Crippen LogP contribution in [0.4, 0.5) is 0 Å². The monoisotopic (exact) mass is 917 g/mol. The van der Waals surface area contributed by atoms with Crippen LogP contribution in [0.15, 0.2) is 49.2 Å². The summed E-state index contributed by atoms with van der Waals surface area (Å²) in [6, 6.07) is -1.27. The Balaban J connectivity index is 0.00000871. The molecule has 0 spiro atoms. The third kappa shape index (κ3) is 9.26. The first-order valence-corrected chi connectivity index (χ1v) is 20.7. The second-order valence-corrected chi connectivity index (χ2v) is 18.5. The molecule has 18 nitrogen and oxygen atoms in total. The molecule has 8 bridgehead atoms. The minimum atomic E-state index is -1.76. The molecule has 63 heavy (non-hydrogen) atoms. The van der Waals surface area contributed by atoms with Crippen LogP contribution in [0.1, 0.15) is 126 Å². The molecule has 5 aliphatic heterocycles. The van der Waals surface area contributed by atoms with E-state index in [1.165, 1.54) is 19.9 Å². The molecule has 19 heteroatoms. The van der Waals surface area contributed by atoms with Crippen molar-refractivity contribution in [1.82, 2.24) is 0 Å². The molecule has 0 amide bonds. The average Bonchev–Trinajstić information content (AvgIpc) is 3.72. The van der Waals surface area contributed by atoms with Crippen molar-refractivity contribution < 1.29 is 86.1 Å². The number of hydrogen-bond acceptors (Lipinski definition) is 17. The van der Waals surface area contributed by atoms with E-state index in [4.69, 9.17) is 20.3 Å². The van der Waals surface area contributed by atoms with Gasteiger partial charge in [0.2, 0.25) is 0 Å². The van der Waals surface area contributed by atoms with Crippen LogP contribution in [-0.4, -0.2) is 76.0 Å². The summed E-state index contributed by atoms with van der Waals surface area (Å²) >= 11 is 0.